The van der Waals surface area contributed by atoms with E-state index in [1.54, 1.807) is 0 Å². The molecule has 1 N–H and O–H groups in total. The lowest BCUT2D eigenvalue weighted by Gasteiger charge is -2.36. The molecule has 3 fully saturated rings. The molecule has 7 heteroatoms. The van der Waals surface area contributed by atoms with E-state index in [-0.39, 0.29) is 12.8 Å². The SMILES string of the molecule is OC1(CN2CCC(F)(F)CC2)CCN(Cc2cccc(OCCN3CCCCC3)c2)C1. The number of rotatable bonds is 8. The Labute approximate surface area is 185 Å². The molecular formula is C24H37F2N3O2. The summed E-state index contributed by atoms with van der Waals surface area (Å²) in [6, 6.07) is 8.23. The monoisotopic (exact) mass is 437 g/mol. The second-order valence-electron chi connectivity index (χ2n) is 9.72. The molecule has 0 aromatic heterocycles. The van der Waals surface area contributed by atoms with Crippen molar-refractivity contribution < 1.29 is 18.6 Å². The van der Waals surface area contributed by atoms with Crippen molar-refractivity contribution in [1.29, 1.82) is 0 Å². The summed E-state index contributed by atoms with van der Waals surface area (Å²) in [7, 11) is 0. The third-order valence-corrected chi connectivity index (χ3v) is 6.95. The summed E-state index contributed by atoms with van der Waals surface area (Å²) < 4.78 is 32.8. The van der Waals surface area contributed by atoms with Gasteiger partial charge in [-0.3, -0.25) is 14.7 Å². The highest BCUT2D eigenvalue weighted by Gasteiger charge is 2.40. The Balaban J connectivity index is 1.22. The number of benzene rings is 1. The van der Waals surface area contributed by atoms with Gasteiger partial charge in [0.05, 0.1) is 5.60 Å². The van der Waals surface area contributed by atoms with E-state index in [0.717, 1.165) is 25.4 Å². The third-order valence-electron chi connectivity index (χ3n) is 6.95. The van der Waals surface area contributed by atoms with Crippen LogP contribution in [0.2, 0.25) is 0 Å². The molecule has 31 heavy (non-hydrogen) atoms. The molecule has 5 nitrogen and oxygen atoms in total. The maximum atomic E-state index is 13.4. The molecule has 3 aliphatic heterocycles. The summed E-state index contributed by atoms with van der Waals surface area (Å²) in [5, 5.41) is 11.0. The molecule has 3 saturated heterocycles. The lowest BCUT2D eigenvalue weighted by molar-refractivity contribution is -0.0724. The molecule has 0 amide bonds. The number of nitrogens with zero attached hydrogens (tertiary/aromatic N) is 3. The number of halogens is 2. The normalized spacial score (nSPS) is 28.1. The zero-order chi connectivity index (χ0) is 21.7. The van der Waals surface area contributed by atoms with Crippen molar-refractivity contribution in [3.63, 3.8) is 0 Å². The van der Waals surface area contributed by atoms with E-state index in [2.05, 4.69) is 21.9 Å². The number of alkyl halides is 2. The molecular weight excluding hydrogens is 400 g/mol. The predicted octanol–water partition coefficient (Wildman–Crippen LogP) is 3.22. The average Bonchev–Trinajstić information content (AvgIpc) is 3.11. The Bertz CT molecular complexity index is 704. The van der Waals surface area contributed by atoms with Crippen LogP contribution in [0.5, 0.6) is 5.75 Å². The first-order valence-corrected chi connectivity index (χ1v) is 11.9. The van der Waals surface area contributed by atoms with Crippen LogP contribution in [0.4, 0.5) is 8.78 Å². The van der Waals surface area contributed by atoms with Gasteiger partial charge in [-0.2, -0.15) is 0 Å². The van der Waals surface area contributed by atoms with Crippen LogP contribution in [-0.4, -0.2) is 90.3 Å². The van der Waals surface area contributed by atoms with E-state index < -0.39 is 11.5 Å². The molecule has 1 aromatic rings. The number of aliphatic hydroxyl groups is 1. The summed E-state index contributed by atoms with van der Waals surface area (Å²) >= 11 is 0. The van der Waals surface area contributed by atoms with Gasteiger partial charge in [0.15, 0.2) is 0 Å². The van der Waals surface area contributed by atoms with Gasteiger partial charge in [0.1, 0.15) is 12.4 Å². The lowest BCUT2D eigenvalue weighted by Crippen LogP contribution is -2.49. The standard InChI is InChI=1S/C24H37F2N3O2/c25-24(26)8-13-28(14-9-24)19-23(30)7-12-29(20-23)18-21-5-4-6-22(17-21)31-16-15-27-10-2-1-3-11-27/h4-6,17,30H,1-3,7-16,18-20H2. The second-order valence-corrected chi connectivity index (χ2v) is 9.72. The van der Waals surface area contributed by atoms with Crippen molar-refractivity contribution >= 4 is 0 Å². The van der Waals surface area contributed by atoms with Gasteiger partial charge < -0.3 is 9.84 Å². The van der Waals surface area contributed by atoms with Crippen molar-refractivity contribution in [2.75, 3.05) is 59.0 Å². The minimum atomic E-state index is -2.54. The number of likely N-dealkylation sites (tertiary alicyclic amines) is 3. The fraction of sp³-hybridized carbons (Fsp3) is 0.750. The molecule has 0 aliphatic carbocycles. The van der Waals surface area contributed by atoms with Crippen molar-refractivity contribution in [2.24, 2.45) is 0 Å². The maximum absolute atomic E-state index is 13.4. The summed E-state index contributed by atoms with van der Waals surface area (Å²) in [4.78, 5) is 6.73. The highest BCUT2D eigenvalue weighted by molar-refractivity contribution is 5.28. The van der Waals surface area contributed by atoms with Crippen molar-refractivity contribution in [1.82, 2.24) is 14.7 Å². The van der Waals surface area contributed by atoms with Gasteiger partial charge in [-0.1, -0.05) is 18.6 Å². The summed E-state index contributed by atoms with van der Waals surface area (Å²) in [5.41, 5.74) is 0.368. The molecule has 3 heterocycles. The van der Waals surface area contributed by atoms with Gasteiger partial charge in [-0.15, -0.1) is 0 Å². The average molecular weight is 438 g/mol. The van der Waals surface area contributed by atoms with E-state index in [4.69, 9.17) is 4.74 Å². The Morgan fingerprint density at radius 3 is 2.42 bits per heavy atom. The largest absolute Gasteiger partial charge is 0.492 e. The molecule has 174 valence electrons. The van der Waals surface area contributed by atoms with Crippen LogP contribution in [0.3, 0.4) is 0 Å². The molecule has 0 radical (unpaired) electrons. The van der Waals surface area contributed by atoms with Gasteiger partial charge in [-0.05, 0) is 50.0 Å². The van der Waals surface area contributed by atoms with Crippen LogP contribution in [0.15, 0.2) is 24.3 Å². The van der Waals surface area contributed by atoms with Crippen molar-refractivity contribution in [3.8, 4) is 5.75 Å². The van der Waals surface area contributed by atoms with Crippen LogP contribution >= 0.6 is 0 Å². The van der Waals surface area contributed by atoms with Crippen molar-refractivity contribution in [3.05, 3.63) is 29.8 Å². The lowest BCUT2D eigenvalue weighted by atomic mass is 10.00. The van der Waals surface area contributed by atoms with E-state index in [1.165, 1.54) is 37.9 Å². The molecule has 4 rings (SSSR count). The fourth-order valence-electron chi connectivity index (χ4n) is 5.13. The Morgan fingerprint density at radius 2 is 1.65 bits per heavy atom. The number of β-amino-alcohol motifs (C(OH)–C–C–N with tert-alkyl or cyclic N) is 1. The molecule has 1 atom stereocenters. The molecule has 0 saturated carbocycles. The van der Waals surface area contributed by atoms with Gasteiger partial charge in [0.25, 0.3) is 5.92 Å². The Kier molecular flexibility index (Phi) is 7.47. The first-order chi connectivity index (χ1) is 14.9. The Hall–Kier alpha value is -1.28. The van der Waals surface area contributed by atoms with Crippen molar-refractivity contribution in [2.45, 2.75) is 56.6 Å². The number of ether oxygens (including phenoxy) is 1. The zero-order valence-corrected chi connectivity index (χ0v) is 18.6. The van der Waals surface area contributed by atoms with Crippen LogP contribution in [0.1, 0.15) is 44.1 Å². The van der Waals surface area contributed by atoms with Gasteiger partial charge in [0.2, 0.25) is 0 Å². The summed E-state index contributed by atoms with van der Waals surface area (Å²) in [6.07, 6.45) is 4.42. The summed E-state index contributed by atoms with van der Waals surface area (Å²) in [5.74, 6) is -1.64. The Morgan fingerprint density at radius 1 is 0.903 bits per heavy atom. The molecule has 1 aromatic carbocycles. The van der Waals surface area contributed by atoms with E-state index in [9.17, 15) is 13.9 Å². The van der Waals surface area contributed by atoms with Gasteiger partial charge in [0, 0.05) is 58.7 Å². The summed E-state index contributed by atoms with van der Waals surface area (Å²) in [6.45, 7) is 7.44. The highest BCUT2D eigenvalue weighted by atomic mass is 19.3. The topological polar surface area (TPSA) is 39.2 Å². The van der Waals surface area contributed by atoms with Crippen LogP contribution in [0, 0.1) is 0 Å². The predicted molar refractivity (Wildman–Crippen MR) is 118 cm³/mol. The van der Waals surface area contributed by atoms with Crippen LogP contribution in [-0.2, 0) is 6.54 Å². The van der Waals surface area contributed by atoms with Gasteiger partial charge >= 0.3 is 0 Å². The first-order valence-electron chi connectivity index (χ1n) is 11.9. The first kappa shape index (κ1) is 22.9. The molecule has 0 spiro atoms. The van der Waals surface area contributed by atoms with E-state index in [1.807, 2.05) is 17.0 Å². The number of piperidine rings is 2. The minimum Gasteiger partial charge on any atom is -0.492 e. The molecule has 1 unspecified atom stereocenters. The van der Waals surface area contributed by atoms with E-state index >= 15 is 0 Å². The van der Waals surface area contributed by atoms with Crippen LogP contribution in [0.25, 0.3) is 0 Å². The zero-order valence-electron chi connectivity index (χ0n) is 18.6. The fourth-order valence-corrected chi connectivity index (χ4v) is 5.13. The number of hydrogen-bond donors (Lipinski definition) is 1. The van der Waals surface area contributed by atoms with E-state index in [0.29, 0.717) is 39.2 Å². The minimum absolute atomic E-state index is 0.0999. The quantitative estimate of drug-likeness (QED) is 0.676. The smallest absolute Gasteiger partial charge is 0.250 e. The maximum Gasteiger partial charge on any atom is 0.250 e. The second kappa shape index (κ2) is 10.1. The number of hydrogen-bond acceptors (Lipinski definition) is 5. The highest BCUT2D eigenvalue weighted by Crippen LogP contribution is 2.30. The molecule has 0 bridgehead atoms. The van der Waals surface area contributed by atoms with Gasteiger partial charge in [-0.25, -0.2) is 8.78 Å². The van der Waals surface area contributed by atoms with Crippen LogP contribution < -0.4 is 4.74 Å². The third kappa shape index (κ3) is 6.85. The molecule has 3 aliphatic rings.